The Labute approximate surface area is 59.1 Å². The first-order valence-corrected chi connectivity index (χ1v) is 2.44. The lowest BCUT2D eigenvalue weighted by atomic mass is 10.7. The first kappa shape index (κ1) is 11.5. The molecule has 0 radical (unpaired) electrons. The SMILES string of the molecule is C=CC(=O)OC.CC(=O)O. The summed E-state index contributed by atoms with van der Waals surface area (Å²) < 4.78 is 4.14. The molecule has 0 aromatic heterocycles. The molecule has 4 nitrogen and oxygen atoms in total. The molecular weight excluding hydrogens is 136 g/mol. The molecule has 0 aliphatic heterocycles. The Hall–Kier alpha value is -1.32. The van der Waals surface area contributed by atoms with Gasteiger partial charge in [0, 0.05) is 13.0 Å². The van der Waals surface area contributed by atoms with Gasteiger partial charge in [0.1, 0.15) is 0 Å². The van der Waals surface area contributed by atoms with E-state index in [1.807, 2.05) is 0 Å². The lowest BCUT2D eigenvalue weighted by molar-refractivity contribution is -0.135. The molecule has 4 heteroatoms. The number of carbonyl (C=O) groups excluding carboxylic acids is 1. The molecule has 1 N–H and O–H groups in total. The summed E-state index contributed by atoms with van der Waals surface area (Å²) in [6.07, 6.45) is 1.11. The lowest BCUT2D eigenvalue weighted by Crippen LogP contribution is -1.91. The Morgan fingerprint density at radius 2 is 1.90 bits per heavy atom. The van der Waals surface area contributed by atoms with Crippen molar-refractivity contribution in [3.05, 3.63) is 12.7 Å². The average Bonchev–Trinajstić information content (AvgIpc) is 1.85. The van der Waals surface area contributed by atoms with E-state index in [1.54, 1.807) is 0 Å². The summed E-state index contributed by atoms with van der Waals surface area (Å²) in [5.41, 5.74) is 0. The summed E-state index contributed by atoms with van der Waals surface area (Å²) in [6, 6.07) is 0. The van der Waals surface area contributed by atoms with E-state index in [9.17, 15) is 4.79 Å². The van der Waals surface area contributed by atoms with E-state index in [0.29, 0.717) is 0 Å². The molecule has 0 aliphatic rings. The van der Waals surface area contributed by atoms with Gasteiger partial charge in [-0.2, -0.15) is 0 Å². The Balaban J connectivity index is 0. The molecule has 58 valence electrons. The summed E-state index contributed by atoms with van der Waals surface area (Å²) in [5.74, 6) is -1.23. The van der Waals surface area contributed by atoms with E-state index in [1.165, 1.54) is 7.11 Å². The smallest absolute Gasteiger partial charge is 0.329 e. The van der Waals surface area contributed by atoms with Crippen molar-refractivity contribution in [3.8, 4) is 0 Å². The summed E-state index contributed by atoms with van der Waals surface area (Å²) in [4.78, 5) is 18.8. The lowest BCUT2D eigenvalue weighted by Gasteiger charge is -1.83. The van der Waals surface area contributed by atoms with Gasteiger partial charge in [0.25, 0.3) is 5.97 Å². The zero-order chi connectivity index (χ0) is 8.57. The number of hydrogen-bond donors (Lipinski definition) is 1. The van der Waals surface area contributed by atoms with Gasteiger partial charge in [0.2, 0.25) is 0 Å². The molecule has 0 saturated carbocycles. The molecule has 0 atom stereocenters. The van der Waals surface area contributed by atoms with Gasteiger partial charge in [-0.15, -0.1) is 0 Å². The van der Waals surface area contributed by atoms with Crippen LogP contribution in [0.1, 0.15) is 6.92 Å². The summed E-state index contributed by atoms with van der Waals surface area (Å²) in [6.45, 7) is 4.24. The number of carboxylic acids is 1. The van der Waals surface area contributed by atoms with Gasteiger partial charge in [0.05, 0.1) is 7.11 Å². The van der Waals surface area contributed by atoms with Gasteiger partial charge >= 0.3 is 5.97 Å². The molecule has 0 bridgehead atoms. The van der Waals surface area contributed by atoms with Crippen molar-refractivity contribution in [1.29, 1.82) is 0 Å². The number of carboxylic acid groups (broad SMARTS) is 1. The first-order chi connectivity index (χ1) is 4.54. The van der Waals surface area contributed by atoms with Crippen LogP contribution in [0.25, 0.3) is 0 Å². The Bertz CT molecular complexity index is 124. The molecule has 0 aliphatic carbocycles. The van der Waals surface area contributed by atoms with E-state index < -0.39 is 11.9 Å². The fraction of sp³-hybridized carbons (Fsp3) is 0.333. The topological polar surface area (TPSA) is 63.6 Å². The van der Waals surface area contributed by atoms with Crippen LogP contribution in [0.2, 0.25) is 0 Å². The second kappa shape index (κ2) is 7.68. The zero-order valence-electron chi connectivity index (χ0n) is 5.96. The monoisotopic (exact) mass is 146 g/mol. The van der Waals surface area contributed by atoms with Gasteiger partial charge in [0.15, 0.2) is 0 Å². The Morgan fingerprint density at radius 3 is 1.90 bits per heavy atom. The van der Waals surface area contributed by atoms with Crippen molar-refractivity contribution in [3.63, 3.8) is 0 Å². The quantitative estimate of drug-likeness (QED) is 0.430. The van der Waals surface area contributed by atoms with Crippen LogP contribution in [-0.4, -0.2) is 24.2 Å². The van der Waals surface area contributed by atoms with Gasteiger partial charge in [-0.3, -0.25) is 4.79 Å². The maximum atomic E-state index is 9.84. The highest BCUT2D eigenvalue weighted by Gasteiger charge is 1.81. The summed E-state index contributed by atoms with van der Waals surface area (Å²) in [7, 11) is 1.31. The predicted molar refractivity (Wildman–Crippen MR) is 35.5 cm³/mol. The third-order valence-corrected chi connectivity index (χ3v) is 0.368. The normalized spacial score (nSPS) is 6.60. The van der Waals surface area contributed by atoms with Crippen molar-refractivity contribution in [2.45, 2.75) is 6.92 Å². The fourth-order valence-corrected chi connectivity index (χ4v) is 0.0833. The van der Waals surface area contributed by atoms with Crippen LogP contribution in [0.15, 0.2) is 12.7 Å². The highest BCUT2D eigenvalue weighted by atomic mass is 16.5. The second-order valence-corrected chi connectivity index (χ2v) is 1.25. The standard InChI is InChI=1S/C4H6O2.C2H4O2/c1-3-4(5)6-2;1-2(3)4/h3H,1H2,2H3;1H3,(H,3,4). The molecule has 0 heterocycles. The van der Waals surface area contributed by atoms with E-state index in [2.05, 4.69) is 11.3 Å². The number of methoxy groups -OCH3 is 1. The molecule has 0 aromatic rings. The maximum absolute atomic E-state index is 9.84. The minimum Gasteiger partial charge on any atom is -0.481 e. The molecule has 0 amide bonds. The second-order valence-electron chi connectivity index (χ2n) is 1.25. The van der Waals surface area contributed by atoms with Crippen LogP contribution < -0.4 is 0 Å². The number of hydrogen-bond acceptors (Lipinski definition) is 3. The molecule has 0 saturated heterocycles. The Kier molecular flexibility index (Phi) is 8.81. The molecule has 0 spiro atoms. The molecule has 0 rings (SSSR count). The van der Waals surface area contributed by atoms with Gasteiger partial charge in [-0.05, 0) is 0 Å². The van der Waals surface area contributed by atoms with Crippen molar-refractivity contribution in [2.75, 3.05) is 7.11 Å². The number of rotatable bonds is 1. The average molecular weight is 146 g/mol. The summed E-state index contributed by atoms with van der Waals surface area (Å²) >= 11 is 0. The molecule has 0 aromatic carbocycles. The van der Waals surface area contributed by atoms with Crippen molar-refractivity contribution in [1.82, 2.24) is 0 Å². The highest BCUT2D eigenvalue weighted by Crippen LogP contribution is 1.67. The van der Waals surface area contributed by atoms with Crippen LogP contribution >= 0.6 is 0 Å². The van der Waals surface area contributed by atoms with Crippen LogP contribution in [0.4, 0.5) is 0 Å². The predicted octanol–water partition coefficient (Wildman–Crippen LogP) is 0.436. The largest absolute Gasteiger partial charge is 0.481 e. The minimum atomic E-state index is -0.833. The number of ether oxygens (including phenoxy) is 1. The van der Waals surface area contributed by atoms with Gasteiger partial charge in [-0.25, -0.2) is 4.79 Å². The number of esters is 1. The van der Waals surface area contributed by atoms with E-state index >= 15 is 0 Å². The fourth-order valence-electron chi connectivity index (χ4n) is 0.0833. The zero-order valence-corrected chi connectivity index (χ0v) is 5.96. The number of carbonyl (C=O) groups is 2. The molecule has 10 heavy (non-hydrogen) atoms. The van der Waals surface area contributed by atoms with Crippen molar-refractivity contribution < 1.29 is 19.4 Å². The van der Waals surface area contributed by atoms with E-state index in [0.717, 1.165) is 13.0 Å². The van der Waals surface area contributed by atoms with E-state index in [-0.39, 0.29) is 0 Å². The van der Waals surface area contributed by atoms with Crippen molar-refractivity contribution >= 4 is 11.9 Å². The summed E-state index contributed by atoms with van der Waals surface area (Å²) in [5, 5.41) is 7.42. The highest BCUT2D eigenvalue weighted by molar-refractivity contribution is 5.80. The third kappa shape index (κ3) is 30.0. The Morgan fingerprint density at radius 1 is 1.60 bits per heavy atom. The number of aliphatic carboxylic acids is 1. The molecular formula is C6H10O4. The van der Waals surface area contributed by atoms with Crippen molar-refractivity contribution in [2.24, 2.45) is 0 Å². The minimum absolute atomic E-state index is 0.394. The molecule has 0 fully saturated rings. The van der Waals surface area contributed by atoms with Crippen LogP contribution in [0.3, 0.4) is 0 Å². The third-order valence-electron chi connectivity index (χ3n) is 0.368. The first-order valence-electron chi connectivity index (χ1n) is 2.44. The van der Waals surface area contributed by atoms with Gasteiger partial charge < -0.3 is 9.84 Å². The van der Waals surface area contributed by atoms with Crippen LogP contribution in [-0.2, 0) is 14.3 Å². The molecule has 0 unspecified atom stereocenters. The van der Waals surface area contributed by atoms with Crippen LogP contribution in [0.5, 0.6) is 0 Å². The van der Waals surface area contributed by atoms with E-state index in [4.69, 9.17) is 9.90 Å². The maximum Gasteiger partial charge on any atom is 0.329 e. The van der Waals surface area contributed by atoms with Crippen LogP contribution in [0, 0.1) is 0 Å². The van der Waals surface area contributed by atoms with Gasteiger partial charge in [-0.1, -0.05) is 6.58 Å².